The fourth-order valence-electron chi connectivity index (χ4n) is 2.99. The third kappa shape index (κ3) is 4.00. The van der Waals surface area contributed by atoms with Crippen LogP contribution in [0.5, 0.6) is 0 Å². The molecule has 4 rings (SSSR count). The smallest absolute Gasteiger partial charge is 0.273 e. The quantitative estimate of drug-likeness (QED) is 0.234. The van der Waals surface area contributed by atoms with Gasteiger partial charge in [-0.1, -0.05) is 30.0 Å². The van der Waals surface area contributed by atoms with Gasteiger partial charge in [-0.05, 0) is 31.2 Å². The number of thiophene rings is 1. The Bertz CT molecular complexity index is 1030. The Morgan fingerprint density at radius 2 is 2.18 bits per heavy atom. The molecule has 0 amide bonds. The molecule has 0 saturated heterocycles. The van der Waals surface area contributed by atoms with E-state index in [0.29, 0.717) is 17.2 Å². The van der Waals surface area contributed by atoms with Crippen LogP contribution in [0.3, 0.4) is 0 Å². The average molecular weight is 415 g/mol. The lowest BCUT2D eigenvalue weighted by molar-refractivity contribution is -0.385. The van der Waals surface area contributed by atoms with Crippen molar-refractivity contribution in [2.45, 2.75) is 37.4 Å². The van der Waals surface area contributed by atoms with Crippen LogP contribution in [0.25, 0.3) is 0 Å². The van der Waals surface area contributed by atoms with Crippen LogP contribution in [0.15, 0.2) is 40.9 Å². The highest BCUT2D eigenvalue weighted by atomic mass is 32.2. The van der Waals surface area contributed by atoms with Gasteiger partial charge < -0.3 is 4.57 Å². The van der Waals surface area contributed by atoms with Crippen molar-refractivity contribution in [3.05, 3.63) is 67.7 Å². The number of aryl methyl sites for hydroxylation is 1. The Hall–Kier alpha value is -2.52. The third-order valence-corrected chi connectivity index (χ3v) is 6.44. The first kappa shape index (κ1) is 18.8. The van der Waals surface area contributed by atoms with Gasteiger partial charge in [0.1, 0.15) is 5.82 Å². The molecule has 1 aromatic carbocycles. The molecule has 0 radical (unpaired) electrons. The molecule has 144 valence electrons. The standard InChI is InChI=1S/C19H18N4O3S2/c1-12-4-5-13(9-16(12)23(25)26)17(24)11-28-19-21-20-18(22(19)14-6-7-14)10-15-3-2-8-27-15/h2-5,8-9,14H,6-7,10-11H2,1H3. The summed E-state index contributed by atoms with van der Waals surface area (Å²) in [5.41, 5.74) is 0.859. The van der Waals surface area contributed by atoms with Crippen molar-refractivity contribution in [2.24, 2.45) is 0 Å². The van der Waals surface area contributed by atoms with Gasteiger partial charge in [-0.25, -0.2) is 0 Å². The summed E-state index contributed by atoms with van der Waals surface area (Å²) in [4.78, 5) is 24.4. The molecule has 3 aromatic rings. The predicted molar refractivity (Wildman–Crippen MR) is 108 cm³/mol. The first-order chi connectivity index (χ1) is 13.5. The average Bonchev–Trinajstić information content (AvgIpc) is 3.22. The largest absolute Gasteiger partial charge is 0.303 e. The van der Waals surface area contributed by atoms with Crippen molar-refractivity contribution in [3.63, 3.8) is 0 Å². The van der Waals surface area contributed by atoms with Crippen LogP contribution >= 0.6 is 23.1 Å². The molecule has 0 unspecified atom stereocenters. The number of rotatable bonds is 8. The van der Waals surface area contributed by atoms with Crippen LogP contribution in [-0.4, -0.2) is 31.2 Å². The lowest BCUT2D eigenvalue weighted by atomic mass is 10.1. The number of nitro groups is 1. The summed E-state index contributed by atoms with van der Waals surface area (Å²) < 4.78 is 2.15. The number of hydrogen-bond acceptors (Lipinski definition) is 7. The summed E-state index contributed by atoms with van der Waals surface area (Å²) in [7, 11) is 0. The number of thioether (sulfide) groups is 1. The lowest BCUT2D eigenvalue weighted by Gasteiger charge is -2.08. The summed E-state index contributed by atoms with van der Waals surface area (Å²) >= 11 is 3.03. The summed E-state index contributed by atoms with van der Waals surface area (Å²) in [6.45, 7) is 1.66. The molecule has 0 aliphatic heterocycles. The molecule has 2 heterocycles. The highest BCUT2D eigenvalue weighted by Crippen LogP contribution is 2.39. The molecule has 2 aromatic heterocycles. The molecule has 0 spiro atoms. The van der Waals surface area contributed by atoms with Gasteiger partial charge >= 0.3 is 0 Å². The molecular formula is C19H18N4O3S2. The van der Waals surface area contributed by atoms with E-state index >= 15 is 0 Å². The third-order valence-electron chi connectivity index (χ3n) is 4.62. The van der Waals surface area contributed by atoms with E-state index < -0.39 is 4.92 Å². The Morgan fingerprint density at radius 1 is 1.36 bits per heavy atom. The van der Waals surface area contributed by atoms with Gasteiger partial charge in [-0.15, -0.1) is 21.5 Å². The second-order valence-corrected chi connectivity index (χ2v) is 8.70. The maximum absolute atomic E-state index is 12.6. The molecule has 9 heteroatoms. The van der Waals surface area contributed by atoms with E-state index in [1.165, 1.54) is 22.7 Å². The Kier molecular flexibility index (Phi) is 5.27. The van der Waals surface area contributed by atoms with E-state index in [2.05, 4.69) is 20.8 Å². The van der Waals surface area contributed by atoms with Gasteiger partial charge in [0.2, 0.25) is 0 Å². The Labute approximate surface area is 169 Å². The minimum atomic E-state index is -0.459. The fraction of sp³-hybridized carbons (Fsp3) is 0.316. The molecule has 1 aliphatic carbocycles. The molecule has 1 aliphatic rings. The minimum Gasteiger partial charge on any atom is -0.303 e. The summed E-state index contributed by atoms with van der Waals surface area (Å²) in [5, 5.41) is 22.5. The van der Waals surface area contributed by atoms with E-state index in [9.17, 15) is 14.9 Å². The highest BCUT2D eigenvalue weighted by Gasteiger charge is 2.30. The zero-order chi connectivity index (χ0) is 19.7. The van der Waals surface area contributed by atoms with Crippen LogP contribution in [0.1, 0.15) is 45.5 Å². The van der Waals surface area contributed by atoms with Crippen LogP contribution in [0.4, 0.5) is 5.69 Å². The molecule has 0 atom stereocenters. The van der Waals surface area contributed by atoms with E-state index in [-0.39, 0.29) is 17.2 Å². The number of Topliss-reactive ketones (excluding diaryl/α,β-unsaturated/α-hetero) is 1. The van der Waals surface area contributed by atoms with Gasteiger partial charge in [0.05, 0.1) is 10.7 Å². The normalized spacial score (nSPS) is 13.6. The summed E-state index contributed by atoms with van der Waals surface area (Å²) in [5.74, 6) is 0.938. The van der Waals surface area contributed by atoms with Crippen LogP contribution < -0.4 is 0 Å². The van der Waals surface area contributed by atoms with E-state index in [4.69, 9.17) is 0 Å². The molecule has 1 fully saturated rings. The minimum absolute atomic E-state index is 0.0322. The van der Waals surface area contributed by atoms with Crippen LogP contribution in [0.2, 0.25) is 0 Å². The van der Waals surface area contributed by atoms with Gasteiger partial charge in [-0.3, -0.25) is 14.9 Å². The predicted octanol–water partition coefficient (Wildman–Crippen LogP) is 4.46. The number of carbonyl (C=O) groups excluding carboxylic acids is 1. The maximum atomic E-state index is 12.6. The van der Waals surface area contributed by atoms with Crippen molar-refractivity contribution in [3.8, 4) is 0 Å². The zero-order valence-electron chi connectivity index (χ0n) is 15.2. The molecule has 7 nitrogen and oxygen atoms in total. The van der Waals surface area contributed by atoms with Gasteiger partial charge in [0.15, 0.2) is 10.9 Å². The van der Waals surface area contributed by atoms with E-state index in [1.807, 2.05) is 11.4 Å². The molecule has 28 heavy (non-hydrogen) atoms. The fourth-order valence-corrected chi connectivity index (χ4v) is 4.61. The van der Waals surface area contributed by atoms with Gasteiger partial charge in [-0.2, -0.15) is 0 Å². The second-order valence-electron chi connectivity index (χ2n) is 6.73. The number of benzene rings is 1. The topological polar surface area (TPSA) is 90.9 Å². The van der Waals surface area contributed by atoms with Crippen molar-refractivity contribution >= 4 is 34.6 Å². The lowest BCUT2D eigenvalue weighted by Crippen LogP contribution is -2.07. The van der Waals surface area contributed by atoms with Crippen molar-refractivity contribution in [1.29, 1.82) is 0 Å². The monoisotopic (exact) mass is 414 g/mol. The number of nitro benzene ring substituents is 1. The molecule has 0 N–H and O–H groups in total. The van der Waals surface area contributed by atoms with Gasteiger partial charge in [0, 0.05) is 34.5 Å². The zero-order valence-corrected chi connectivity index (χ0v) is 16.8. The number of nitrogens with zero attached hydrogens (tertiary/aromatic N) is 4. The summed E-state index contributed by atoms with van der Waals surface area (Å²) in [6, 6.07) is 9.11. The maximum Gasteiger partial charge on any atom is 0.273 e. The first-order valence-corrected chi connectivity index (χ1v) is 10.8. The summed E-state index contributed by atoms with van der Waals surface area (Å²) in [6.07, 6.45) is 2.93. The highest BCUT2D eigenvalue weighted by molar-refractivity contribution is 7.99. The van der Waals surface area contributed by atoms with Crippen LogP contribution in [0, 0.1) is 17.0 Å². The first-order valence-electron chi connectivity index (χ1n) is 8.90. The van der Waals surface area contributed by atoms with Crippen molar-refractivity contribution in [2.75, 3.05) is 5.75 Å². The number of ketones is 1. The Balaban J connectivity index is 1.49. The van der Waals surface area contributed by atoms with Crippen LogP contribution in [-0.2, 0) is 6.42 Å². The molecule has 1 saturated carbocycles. The van der Waals surface area contributed by atoms with Gasteiger partial charge in [0.25, 0.3) is 5.69 Å². The van der Waals surface area contributed by atoms with E-state index in [1.54, 1.807) is 30.4 Å². The number of aromatic nitrogens is 3. The molecule has 0 bridgehead atoms. The number of hydrogen-bond donors (Lipinski definition) is 0. The second kappa shape index (κ2) is 7.84. The Morgan fingerprint density at radius 3 is 2.86 bits per heavy atom. The number of carbonyl (C=O) groups is 1. The van der Waals surface area contributed by atoms with E-state index in [0.717, 1.165) is 30.2 Å². The van der Waals surface area contributed by atoms with Crippen molar-refractivity contribution < 1.29 is 9.72 Å². The SMILES string of the molecule is Cc1ccc(C(=O)CSc2nnc(Cc3cccs3)n2C2CC2)cc1[N+](=O)[O-]. The van der Waals surface area contributed by atoms with Crippen molar-refractivity contribution in [1.82, 2.24) is 14.8 Å². The molecular weight excluding hydrogens is 396 g/mol.